The standard InChI is InChI=1S/C28H32N2O2/c1-3-25(23-14-7-5-8-15-23)27(31)29-19-21-12-11-13-22(18-21)20-30-28(32)26(4-2)24-16-9-6-10-17-24/h5-18,25-26H,3-4,19-20H2,1-2H3,(H,29,31)(H,30,32). The summed E-state index contributed by atoms with van der Waals surface area (Å²) in [5.41, 5.74) is 4.10. The summed E-state index contributed by atoms with van der Waals surface area (Å²) >= 11 is 0. The normalized spacial score (nSPS) is 12.6. The summed E-state index contributed by atoms with van der Waals surface area (Å²) in [7, 11) is 0. The Morgan fingerprint density at radius 2 is 1.03 bits per heavy atom. The van der Waals surface area contributed by atoms with Gasteiger partial charge in [0.25, 0.3) is 0 Å². The van der Waals surface area contributed by atoms with Crippen LogP contribution in [0.15, 0.2) is 84.9 Å². The zero-order valence-electron chi connectivity index (χ0n) is 18.9. The molecule has 3 aromatic carbocycles. The predicted octanol–water partition coefficient (Wildman–Crippen LogP) is 5.31. The van der Waals surface area contributed by atoms with E-state index in [9.17, 15) is 9.59 Å². The van der Waals surface area contributed by atoms with E-state index in [1.54, 1.807) is 0 Å². The molecule has 3 rings (SSSR count). The largest absolute Gasteiger partial charge is 0.351 e. The van der Waals surface area contributed by atoms with Crippen LogP contribution in [0, 0.1) is 0 Å². The third-order valence-corrected chi connectivity index (χ3v) is 5.78. The first kappa shape index (κ1) is 23.3. The van der Waals surface area contributed by atoms with Gasteiger partial charge in [-0.25, -0.2) is 0 Å². The number of amides is 2. The van der Waals surface area contributed by atoms with Crippen LogP contribution < -0.4 is 10.6 Å². The lowest BCUT2D eigenvalue weighted by Crippen LogP contribution is -2.29. The fourth-order valence-corrected chi connectivity index (χ4v) is 3.99. The second-order valence-corrected chi connectivity index (χ2v) is 8.00. The van der Waals surface area contributed by atoms with Crippen LogP contribution >= 0.6 is 0 Å². The molecule has 2 unspecified atom stereocenters. The van der Waals surface area contributed by atoms with Crippen LogP contribution in [0.3, 0.4) is 0 Å². The van der Waals surface area contributed by atoms with Gasteiger partial charge in [0.05, 0.1) is 11.8 Å². The minimum absolute atomic E-state index is 0.0334. The number of rotatable bonds is 10. The van der Waals surface area contributed by atoms with E-state index in [1.807, 2.05) is 98.8 Å². The topological polar surface area (TPSA) is 58.2 Å². The van der Waals surface area contributed by atoms with E-state index in [-0.39, 0.29) is 23.7 Å². The second-order valence-electron chi connectivity index (χ2n) is 8.00. The van der Waals surface area contributed by atoms with Crippen LogP contribution in [0.4, 0.5) is 0 Å². The van der Waals surface area contributed by atoms with Gasteiger partial charge in [0.2, 0.25) is 11.8 Å². The van der Waals surface area contributed by atoms with E-state index in [4.69, 9.17) is 0 Å². The monoisotopic (exact) mass is 428 g/mol. The Kier molecular flexibility index (Phi) is 8.61. The highest BCUT2D eigenvalue weighted by atomic mass is 16.2. The number of nitrogens with one attached hydrogen (secondary N) is 2. The van der Waals surface area contributed by atoms with Crippen molar-refractivity contribution in [2.45, 2.75) is 51.6 Å². The molecule has 0 fully saturated rings. The Labute approximate surface area is 191 Å². The molecule has 0 aliphatic rings. The summed E-state index contributed by atoms with van der Waals surface area (Å²) < 4.78 is 0. The maximum Gasteiger partial charge on any atom is 0.227 e. The minimum atomic E-state index is -0.150. The van der Waals surface area contributed by atoms with Gasteiger partial charge in [-0.15, -0.1) is 0 Å². The molecule has 166 valence electrons. The molecule has 3 aromatic rings. The second kappa shape index (κ2) is 11.8. The van der Waals surface area contributed by atoms with Gasteiger partial charge >= 0.3 is 0 Å². The molecule has 0 saturated heterocycles. The van der Waals surface area contributed by atoms with E-state index < -0.39 is 0 Å². The van der Waals surface area contributed by atoms with Gasteiger partial charge in [-0.2, -0.15) is 0 Å². The van der Waals surface area contributed by atoms with Crippen molar-refractivity contribution in [3.63, 3.8) is 0 Å². The molecule has 2 atom stereocenters. The van der Waals surface area contributed by atoms with Gasteiger partial charge in [0, 0.05) is 13.1 Å². The molecular formula is C28H32N2O2. The number of benzene rings is 3. The lowest BCUT2D eigenvalue weighted by molar-refractivity contribution is -0.123. The average molecular weight is 429 g/mol. The molecule has 0 radical (unpaired) electrons. The van der Waals surface area contributed by atoms with Gasteiger partial charge in [-0.1, -0.05) is 98.8 Å². The summed E-state index contributed by atoms with van der Waals surface area (Å²) in [4.78, 5) is 25.4. The molecule has 2 amide bonds. The summed E-state index contributed by atoms with van der Waals surface area (Å²) in [6.45, 7) is 4.98. The molecule has 0 spiro atoms. The molecule has 0 saturated carbocycles. The Morgan fingerprint density at radius 1 is 0.625 bits per heavy atom. The first-order valence-corrected chi connectivity index (χ1v) is 11.4. The highest BCUT2D eigenvalue weighted by molar-refractivity contribution is 5.84. The fraction of sp³-hybridized carbons (Fsp3) is 0.286. The predicted molar refractivity (Wildman–Crippen MR) is 129 cm³/mol. The third-order valence-electron chi connectivity index (χ3n) is 5.78. The molecule has 2 N–H and O–H groups in total. The van der Waals surface area contributed by atoms with Gasteiger partial charge in [-0.05, 0) is 35.1 Å². The quantitative estimate of drug-likeness (QED) is 0.460. The molecule has 0 aromatic heterocycles. The molecular weight excluding hydrogens is 396 g/mol. The maximum absolute atomic E-state index is 12.7. The van der Waals surface area contributed by atoms with Crippen molar-refractivity contribution in [2.75, 3.05) is 0 Å². The molecule has 0 heterocycles. The van der Waals surface area contributed by atoms with Crippen LogP contribution in [-0.4, -0.2) is 11.8 Å². The van der Waals surface area contributed by atoms with Crippen molar-refractivity contribution in [3.8, 4) is 0 Å². The summed E-state index contributed by atoms with van der Waals surface area (Å²) in [5, 5.41) is 6.13. The van der Waals surface area contributed by atoms with Gasteiger partial charge in [0.1, 0.15) is 0 Å². The van der Waals surface area contributed by atoms with Crippen molar-refractivity contribution < 1.29 is 9.59 Å². The zero-order chi connectivity index (χ0) is 22.8. The minimum Gasteiger partial charge on any atom is -0.351 e. The Hall–Kier alpha value is -3.40. The van der Waals surface area contributed by atoms with Crippen LogP contribution in [0.2, 0.25) is 0 Å². The summed E-state index contributed by atoms with van der Waals surface area (Å²) in [6.07, 6.45) is 1.50. The smallest absolute Gasteiger partial charge is 0.227 e. The molecule has 0 bridgehead atoms. The number of hydrogen-bond acceptors (Lipinski definition) is 2. The lowest BCUT2D eigenvalue weighted by atomic mass is 9.95. The highest BCUT2D eigenvalue weighted by Crippen LogP contribution is 2.20. The Morgan fingerprint density at radius 3 is 1.41 bits per heavy atom. The summed E-state index contributed by atoms with van der Waals surface area (Å²) in [6, 6.07) is 27.7. The van der Waals surface area contributed by atoms with Crippen LogP contribution in [0.25, 0.3) is 0 Å². The van der Waals surface area contributed by atoms with E-state index in [0.717, 1.165) is 35.1 Å². The number of carbonyl (C=O) groups excluding carboxylic acids is 2. The Balaban J connectivity index is 1.56. The fourth-order valence-electron chi connectivity index (χ4n) is 3.99. The first-order valence-electron chi connectivity index (χ1n) is 11.4. The van der Waals surface area contributed by atoms with Crippen LogP contribution in [0.5, 0.6) is 0 Å². The third kappa shape index (κ3) is 6.30. The van der Waals surface area contributed by atoms with Gasteiger partial charge in [0.15, 0.2) is 0 Å². The summed E-state index contributed by atoms with van der Waals surface area (Å²) in [5.74, 6) is -0.234. The van der Waals surface area contributed by atoms with E-state index in [2.05, 4.69) is 10.6 Å². The number of carbonyl (C=O) groups is 2. The highest BCUT2D eigenvalue weighted by Gasteiger charge is 2.19. The average Bonchev–Trinajstić information content (AvgIpc) is 2.84. The van der Waals surface area contributed by atoms with Crippen molar-refractivity contribution in [2.24, 2.45) is 0 Å². The van der Waals surface area contributed by atoms with E-state index in [1.165, 1.54) is 0 Å². The zero-order valence-corrected chi connectivity index (χ0v) is 18.9. The first-order chi connectivity index (χ1) is 15.6. The lowest BCUT2D eigenvalue weighted by Gasteiger charge is -2.17. The maximum atomic E-state index is 12.7. The van der Waals surface area contributed by atoms with Crippen molar-refractivity contribution >= 4 is 11.8 Å². The van der Waals surface area contributed by atoms with Crippen molar-refractivity contribution in [1.29, 1.82) is 0 Å². The number of hydrogen-bond donors (Lipinski definition) is 2. The molecule has 0 aliphatic carbocycles. The van der Waals surface area contributed by atoms with Crippen LogP contribution in [-0.2, 0) is 22.7 Å². The van der Waals surface area contributed by atoms with E-state index in [0.29, 0.717) is 13.1 Å². The SMILES string of the molecule is CCC(C(=O)NCc1cccc(CNC(=O)C(CC)c2ccccc2)c1)c1ccccc1. The van der Waals surface area contributed by atoms with Gasteiger partial charge in [-0.3, -0.25) is 9.59 Å². The van der Waals surface area contributed by atoms with E-state index >= 15 is 0 Å². The van der Waals surface area contributed by atoms with Crippen molar-refractivity contribution in [3.05, 3.63) is 107 Å². The van der Waals surface area contributed by atoms with Gasteiger partial charge < -0.3 is 10.6 Å². The molecule has 0 aliphatic heterocycles. The van der Waals surface area contributed by atoms with Crippen LogP contribution in [0.1, 0.15) is 60.8 Å². The molecule has 4 heteroatoms. The molecule has 32 heavy (non-hydrogen) atoms. The Bertz CT molecular complexity index is 923. The van der Waals surface area contributed by atoms with Crippen molar-refractivity contribution in [1.82, 2.24) is 10.6 Å². The molecule has 4 nitrogen and oxygen atoms in total.